The van der Waals surface area contributed by atoms with Gasteiger partial charge in [-0.25, -0.2) is 0 Å². The molecular formula is C24H21NO3. The Morgan fingerprint density at radius 2 is 1.39 bits per heavy atom. The molecule has 0 aliphatic heterocycles. The Hall–Kier alpha value is -3.53. The lowest BCUT2D eigenvalue weighted by molar-refractivity contribution is -0.117. The number of nitrogens with one attached hydrogen (secondary N) is 1. The van der Waals surface area contributed by atoms with E-state index in [1.807, 2.05) is 24.3 Å². The molecule has 0 aliphatic rings. The van der Waals surface area contributed by atoms with Gasteiger partial charge in [-0.1, -0.05) is 60.7 Å². The molecule has 0 radical (unpaired) electrons. The van der Waals surface area contributed by atoms with Gasteiger partial charge in [0.05, 0.1) is 5.92 Å². The standard InChI is InChI=1S/C24H21NO3/c1-16(24(28)25-22-13-7-11-20(15-22)17(2)26)19-10-6-12-21(14-19)23(27)18-8-4-3-5-9-18/h3-16H,1-2H3,(H,25,28). The summed E-state index contributed by atoms with van der Waals surface area (Å²) in [4.78, 5) is 36.8. The zero-order valence-electron chi connectivity index (χ0n) is 15.8. The molecule has 1 unspecified atom stereocenters. The molecule has 0 aromatic heterocycles. The number of benzene rings is 3. The van der Waals surface area contributed by atoms with E-state index in [1.165, 1.54) is 6.92 Å². The number of carbonyl (C=O) groups is 3. The summed E-state index contributed by atoms with van der Waals surface area (Å²) in [6.07, 6.45) is 0. The summed E-state index contributed by atoms with van der Waals surface area (Å²) in [5.41, 5.74) is 3.02. The minimum atomic E-state index is -0.454. The molecule has 0 spiro atoms. The highest BCUT2D eigenvalue weighted by Gasteiger charge is 2.18. The number of carbonyl (C=O) groups excluding carboxylic acids is 3. The number of hydrogen-bond donors (Lipinski definition) is 1. The van der Waals surface area contributed by atoms with E-state index in [1.54, 1.807) is 61.5 Å². The maximum absolute atomic E-state index is 12.7. The Morgan fingerprint density at radius 3 is 2.11 bits per heavy atom. The van der Waals surface area contributed by atoms with E-state index < -0.39 is 5.92 Å². The van der Waals surface area contributed by atoms with Crippen LogP contribution >= 0.6 is 0 Å². The van der Waals surface area contributed by atoms with E-state index >= 15 is 0 Å². The van der Waals surface area contributed by atoms with Crippen molar-refractivity contribution in [2.45, 2.75) is 19.8 Å². The highest BCUT2D eigenvalue weighted by atomic mass is 16.2. The van der Waals surface area contributed by atoms with Crippen LogP contribution in [0.4, 0.5) is 5.69 Å². The van der Waals surface area contributed by atoms with Gasteiger partial charge in [-0.2, -0.15) is 0 Å². The van der Waals surface area contributed by atoms with Gasteiger partial charge in [0.1, 0.15) is 0 Å². The van der Waals surface area contributed by atoms with Crippen LogP contribution in [0.3, 0.4) is 0 Å². The average Bonchev–Trinajstić information content (AvgIpc) is 2.73. The predicted molar refractivity (Wildman–Crippen MR) is 110 cm³/mol. The van der Waals surface area contributed by atoms with Crippen LogP contribution < -0.4 is 5.32 Å². The van der Waals surface area contributed by atoms with Gasteiger partial charge >= 0.3 is 0 Å². The number of ketones is 2. The second-order valence-corrected chi connectivity index (χ2v) is 6.67. The quantitative estimate of drug-likeness (QED) is 0.629. The summed E-state index contributed by atoms with van der Waals surface area (Å²) in [7, 11) is 0. The van der Waals surface area contributed by atoms with Crippen LogP contribution in [-0.4, -0.2) is 17.5 Å². The van der Waals surface area contributed by atoms with Gasteiger partial charge < -0.3 is 5.32 Å². The first-order valence-corrected chi connectivity index (χ1v) is 9.07. The normalized spacial score (nSPS) is 11.5. The molecule has 4 heteroatoms. The van der Waals surface area contributed by atoms with Crippen LogP contribution in [0.15, 0.2) is 78.9 Å². The summed E-state index contributed by atoms with van der Waals surface area (Å²) < 4.78 is 0. The molecule has 4 nitrogen and oxygen atoms in total. The van der Waals surface area contributed by atoms with Crippen molar-refractivity contribution in [2.75, 3.05) is 5.32 Å². The predicted octanol–water partition coefficient (Wildman–Crippen LogP) is 4.86. The molecule has 0 fully saturated rings. The lowest BCUT2D eigenvalue weighted by Crippen LogP contribution is -2.19. The molecule has 0 saturated heterocycles. The second kappa shape index (κ2) is 8.44. The van der Waals surface area contributed by atoms with E-state index in [9.17, 15) is 14.4 Å². The van der Waals surface area contributed by atoms with Gasteiger partial charge in [0, 0.05) is 22.4 Å². The van der Waals surface area contributed by atoms with Crippen LogP contribution in [-0.2, 0) is 4.79 Å². The molecular weight excluding hydrogens is 350 g/mol. The van der Waals surface area contributed by atoms with Crippen molar-refractivity contribution in [3.8, 4) is 0 Å². The summed E-state index contributed by atoms with van der Waals surface area (Å²) in [6.45, 7) is 3.27. The van der Waals surface area contributed by atoms with E-state index in [0.29, 0.717) is 22.4 Å². The Bertz CT molecular complexity index is 1020. The molecule has 0 heterocycles. The first kappa shape index (κ1) is 19.2. The van der Waals surface area contributed by atoms with Crippen LogP contribution in [0.2, 0.25) is 0 Å². The largest absolute Gasteiger partial charge is 0.326 e. The van der Waals surface area contributed by atoms with E-state index in [0.717, 1.165) is 5.56 Å². The second-order valence-electron chi connectivity index (χ2n) is 6.67. The molecule has 3 aromatic carbocycles. The number of amides is 1. The maximum atomic E-state index is 12.7. The Morgan fingerprint density at radius 1 is 0.750 bits per heavy atom. The minimum absolute atomic E-state index is 0.0590. The van der Waals surface area contributed by atoms with Crippen molar-refractivity contribution in [2.24, 2.45) is 0 Å². The third-order valence-corrected chi connectivity index (χ3v) is 4.61. The van der Waals surface area contributed by atoms with Gasteiger partial charge in [0.2, 0.25) is 5.91 Å². The Kier molecular flexibility index (Phi) is 5.80. The van der Waals surface area contributed by atoms with Crippen LogP contribution in [0.25, 0.3) is 0 Å². The molecule has 3 rings (SSSR count). The van der Waals surface area contributed by atoms with Gasteiger partial charge in [-0.05, 0) is 37.6 Å². The fourth-order valence-corrected chi connectivity index (χ4v) is 2.92. The smallest absolute Gasteiger partial charge is 0.231 e. The topological polar surface area (TPSA) is 63.2 Å². The van der Waals surface area contributed by atoms with Gasteiger partial charge in [-0.3, -0.25) is 14.4 Å². The van der Waals surface area contributed by atoms with Crippen LogP contribution in [0.5, 0.6) is 0 Å². The maximum Gasteiger partial charge on any atom is 0.231 e. The summed E-state index contributed by atoms with van der Waals surface area (Å²) in [5, 5.41) is 2.84. The highest BCUT2D eigenvalue weighted by molar-refractivity contribution is 6.09. The third kappa shape index (κ3) is 4.41. The molecule has 0 aliphatic carbocycles. The van der Waals surface area contributed by atoms with E-state index in [4.69, 9.17) is 0 Å². The van der Waals surface area contributed by atoms with Crippen LogP contribution in [0.1, 0.15) is 51.6 Å². The molecule has 1 N–H and O–H groups in total. The van der Waals surface area contributed by atoms with Crippen molar-refractivity contribution in [1.29, 1.82) is 0 Å². The lowest BCUT2D eigenvalue weighted by Gasteiger charge is -2.14. The van der Waals surface area contributed by atoms with Crippen molar-refractivity contribution < 1.29 is 14.4 Å². The highest BCUT2D eigenvalue weighted by Crippen LogP contribution is 2.21. The zero-order valence-corrected chi connectivity index (χ0v) is 15.8. The van der Waals surface area contributed by atoms with Gasteiger partial charge in [0.25, 0.3) is 0 Å². The third-order valence-electron chi connectivity index (χ3n) is 4.61. The first-order chi connectivity index (χ1) is 13.5. The van der Waals surface area contributed by atoms with Crippen LogP contribution in [0, 0.1) is 0 Å². The molecule has 1 amide bonds. The molecule has 1 atom stereocenters. The fourth-order valence-electron chi connectivity index (χ4n) is 2.92. The fraction of sp³-hybridized carbons (Fsp3) is 0.125. The number of Topliss-reactive ketones (excluding diaryl/α,β-unsaturated/α-hetero) is 1. The molecule has 28 heavy (non-hydrogen) atoms. The van der Waals surface area contributed by atoms with Crippen molar-refractivity contribution in [1.82, 2.24) is 0 Å². The van der Waals surface area contributed by atoms with Gasteiger partial charge in [0.15, 0.2) is 11.6 Å². The number of hydrogen-bond acceptors (Lipinski definition) is 3. The van der Waals surface area contributed by atoms with Crippen molar-refractivity contribution in [3.05, 3.63) is 101 Å². The van der Waals surface area contributed by atoms with Gasteiger partial charge in [-0.15, -0.1) is 0 Å². The monoisotopic (exact) mass is 371 g/mol. The number of anilines is 1. The lowest BCUT2D eigenvalue weighted by atomic mass is 9.95. The molecule has 0 saturated carbocycles. The Balaban J connectivity index is 1.78. The SMILES string of the molecule is CC(=O)c1cccc(NC(=O)C(C)c2cccc(C(=O)c3ccccc3)c2)c1. The zero-order chi connectivity index (χ0) is 20.1. The first-order valence-electron chi connectivity index (χ1n) is 9.07. The average molecular weight is 371 g/mol. The summed E-state index contributed by atoms with van der Waals surface area (Å²) in [5.74, 6) is -0.796. The minimum Gasteiger partial charge on any atom is -0.326 e. The Labute approximate surface area is 164 Å². The van der Waals surface area contributed by atoms with Crippen molar-refractivity contribution in [3.63, 3.8) is 0 Å². The molecule has 0 bridgehead atoms. The van der Waals surface area contributed by atoms with Crippen molar-refractivity contribution >= 4 is 23.2 Å². The molecule has 3 aromatic rings. The number of rotatable bonds is 6. The molecule has 140 valence electrons. The summed E-state index contributed by atoms with van der Waals surface area (Å²) in [6, 6.07) is 23.0. The van der Waals surface area contributed by atoms with E-state index in [-0.39, 0.29) is 17.5 Å². The summed E-state index contributed by atoms with van der Waals surface area (Å²) >= 11 is 0. The van der Waals surface area contributed by atoms with E-state index in [2.05, 4.69) is 5.32 Å².